The number of benzene rings is 1. The molecule has 2 aromatic rings. The Balaban J connectivity index is 2.09. The van der Waals surface area contributed by atoms with Crippen LogP contribution < -0.4 is 0 Å². The molecule has 0 bridgehead atoms. The van der Waals surface area contributed by atoms with Crippen LogP contribution in [0.15, 0.2) is 24.5 Å². The summed E-state index contributed by atoms with van der Waals surface area (Å²) in [5, 5.41) is 18.7. The molecule has 92 valence electrons. The van der Waals surface area contributed by atoms with Crippen molar-refractivity contribution < 1.29 is 14.9 Å². The van der Waals surface area contributed by atoms with Gasteiger partial charge in [-0.15, -0.1) is 0 Å². The molecular formula is C12H16N2O3. The zero-order valence-electron chi connectivity index (χ0n) is 9.92. The van der Waals surface area contributed by atoms with Gasteiger partial charge in [0.2, 0.25) is 0 Å². The Labute approximate surface area is 99.3 Å². The molecule has 0 saturated heterocycles. The molecule has 5 nitrogen and oxygen atoms in total. The molecular weight excluding hydrogens is 220 g/mol. The predicted molar refractivity (Wildman–Crippen MR) is 63.6 cm³/mol. The van der Waals surface area contributed by atoms with E-state index in [9.17, 15) is 10.2 Å². The highest BCUT2D eigenvalue weighted by Gasteiger charge is 2.12. The molecule has 0 amide bonds. The van der Waals surface area contributed by atoms with Gasteiger partial charge in [0.1, 0.15) is 5.75 Å². The Kier molecular flexibility index (Phi) is 3.04. The third kappa shape index (κ3) is 2.95. The molecule has 17 heavy (non-hydrogen) atoms. The summed E-state index contributed by atoms with van der Waals surface area (Å²) in [6.07, 6.45) is 1.69. The van der Waals surface area contributed by atoms with Gasteiger partial charge in [-0.25, -0.2) is 4.98 Å². The van der Waals surface area contributed by atoms with E-state index in [-0.39, 0.29) is 5.75 Å². The second-order valence-electron chi connectivity index (χ2n) is 4.41. The number of aliphatic hydroxyl groups is 1. The van der Waals surface area contributed by atoms with E-state index in [2.05, 4.69) is 4.98 Å². The molecule has 0 aliphatic carbocycles. The fraction of sp³-hybridized carbons (Fsp3) is 0.417. The second-order valence-corrected chi connectivity index (χ2v) is 4.41. The molecule has 0 saturated carbocycles. The number of ether oxygens (including phenoxy) is 1. The molecule has 1 heterocycles. The summed E-state index contributed by atoms with van der Waals surface area (Å²) in [5.41, 5.74) is 1.68. The molecule has 2 N–H and O–H groups in total. The molecule has 0 fully saturated rings. The number of rotatable bonds is 4. The van der Waals surface area contributed by atoms with Crippen molar-refractivity contribution in [2.45, 2.75) is 26.2 Å². The Morgan fingerprint density at radius 2 is 2.18 bits per heavy atom. The van der Waals surface area contributed by atoms with Gasteiger partial charge in [-0.05, 0) is 26.0 Å². The van der Waals surface area contributed by atoms with Gasteiger partial charge in [0.25, 0.3) is 0 Å². The Bertz CT molecular complexity index is 514. The molecule has 0 atom stereocenters. The molecule has 1 aromatic carbocycles. The Morgan fingerprint density at radius 1 is 1.41 bits per heavy atom. The minimum Gasteiger partial charge on any atom is -0.508 e. The number of nitrogens with zero attached hydrogens (tertiary/aromatic N) is 2. The van der Waals surface area contributed by atoms with Crippen molar-refractivity contribution in [2.75, 3.05) is 6.61 Å². The number of fused-ring (bicyclic) bond motifs is 1. The Hall–Kier alpha value is -1.59. The molecule has 1 aromatic heterocycles. The van der Waals surface area contributed by atoms with Crippen LogP contribution in [0.2, 0.25) is 0 Å². The average Bonchev–Trinajstić information content (AvgIpc) is 2.59. The maximum absolute atomic E-state index is 9.42. The number of phenolic OH excluding ortho intramolecular Hbond substituents is 1. The number of phenols is 1. The van der Waals surface area contributed by atoms with Gasteiger partial charge in [-0.2, -0.15) is 0 Å². The van der Waals surface area contributed by atoms with Crippen LogP contribution in [0.5, 0.6) is 5.75 Å². The highest BCUT2D eigenvalue weighted by Crippen LogP contribution is 2.18. The van der Waals surface area contributed by atoms with Gasteiger partial charge < -0.3 is 19.5 Å². The molecule has 0 radical (unpaired) electrons. The summed E-state index contributed by atoms with van der Waals surface area (Å²) in [7, 11) is 0. The van der Waals surface area contributed by atoms with E-state index in [1.807, 2.05) is 10.6 Å². The van der Waals surface area contributed by atoms with Crippen LogP contribution in [0.3, 0.4) is 0 Å². The van der Waals surface area contributed by atoms with Crippen LogP contribution in [0.4, 0.5) is 0 Å². The number of aromatic nitrogens is 2. The zero-order chi connectivity index (χ0) is 12.5. The van der Waals surface area contributed by atoms with Gasteiger partial charge in [-0.1, -0.05) is 0 Å². The van der Waals surface area contributed by atoms with E-state index < -0.39 is 5.79 Å². The van der Waals surface area contributed by atoms with Crippen molar-refractivity contribution in [3.63, 3.8) is 0 Å². The van der Waals surface area contributed by atoms with Crippen molar-refractivity contribution in [1.82, 2.24) is 9.55 Å². The predicted octanol–water partition coefficient (Wildman–Crippen LogP) is 1.49. The standard InChI is InChI=1S/C12H16N2O3/c1-12(2,16)17-6-5-14-8-13-10-7-9(15)3-4-11(10)14/h3-4,7-8,15-16H,5-6H2,1-2H3. The van der Waals surface area contributed by atoms with Crippen molar-refractivity contribution in [3.8, 4) is 5.75 Å². The lowest BCUT2D eigenvalue weighted by atomic mass is 10.3. The fourth-order valence-electron chi connectivity index (χ4n) is 1.62. The van der Waals surface area contributed by atoms with Crippen molar-refractivity contribution in [3.05, 3.63) is 24.5 Å². The van der Waals surface area contributed by atoms with E-state index in [0.717, 1.165) is 11.0 Å². The Morgan fingerprint density at radius 3 is 2.88 bits per heavy atom. The van der Waals surface area contributed by atoms with Crippen LogP contribution in [0, 0.1) is 0 Å². The normalized spacial score (nSPS) is 12.2. The van der Waals surface area contributed by atoms with E-state index in [1.54, 1.807) is 32.3 Å². The summed E-state index contributed by atoms with van der Waals surface area (Å²) in [5.74, 6) is -0.912. The topological polar surface area (TPSA) is 67.5 Å². The lowest BCUT2D eigenvalue weighted by Crippen LogP contribution is -2.25. The maximum Gasteiger partial charge on any atom is 0.159 e. The number of hydrogen-bond donors (Lipinski definition) is 2. The number of imidazole rings is 1. The summed E-state index contributed by atoms with van der Waals surface area (Å²) >= 11 is 0. The highest BCUT2D eigenvalue weighted by molar-refractivity contribution is 5.76. The lowest BCUT2D eigenvalue weighted by Gasteiger charge is -2.18. The molecule has 0 aliphatic heterocycles. The van der Waals surface area contributed by atoms with Crippen molar-refractivity contribution >= 4 is 11.0 Å². The van der Waals surface area contributed by atoms with Gasteiger partial charge in [-0.3, -0.25) is 0 Å². The first-order valence-corrected chi connectivity index (χ1v) is 5.46. The largest absolute Gasteiger partial charge is 0.508 e. The van der Waals surface area contributed by atoms with Crippen molar-refractivity contribution in [2.24, 2.45) is 0 Å². The average molecular weight is 236 g/mol. The van der Waals surface area contributed by atoms with E-state index >= 15 is 0 Å². The van der Waals surface area contributed by atoms with Crippen molar-refractivity contribution in [1.29, 1.82) is 0 Å². The first kappa shape index (κ1) is 11.9. The van der Waals surface area contributed by atoms with Crippen LogP contribution in [0.25, 0.3) is 11.0 Å². The molecule has 0 unspecified atom stereocenters. The maximum atomic E-state index is 9.42. The number of hydrogen-bond acceptors (Lipinski definition) is 4. The summed E-state index contributed by atoms with van der Waals surface area (Å²) < 4.78 is 7.15. The molecule has 2 rings (SSSR count). The van der Waals surface area contributed by atoms with Crippen LogP contribution in [0.1, 0.15) is 13.8 Å². The summed E-state index contributed by atoms with van der Waals surface area (Å²) in [6.45, 7) is 4.19. The first-order valence-electron chi connectivity index (χ1n) is 5.46. The minimum absolute atomic E-state index is 0.204. The second kappa shape index (κ2) is 4.35. The molecule has 0 spiro atoms. The quantitative estimate of drug-likeness (QED) is 0.789. The van der Waals surface area contributed by atoms with E-state index in [4.69, 9.17) is 4.74 Å². The zero-order valence-corrected chi connectivity index (χ0v) is 9.92. The number of aromatic hydroxyl groups is 1. The summed E-state index contributed by atoms with van der Waals surface area (Å²) in [6, 6.07) is 5.04. The fourth-order valence-corrected chi connectivity index (χ4v) is 1.62. The van der Waals surface area contributed by atoms with E-state index in [1.165, 1.54) is 0 Å². The van der Waals surface area contributed by atoms with Gasteiger partial charge >= 0.3 is 0 Å². The highest BCUT2D eigenvalue weighted by atomic mass is 16.6. The monoisotopic (exact) mass is 236 g/mol. The first-order chi connectivity index (χ1) is 7.96. The third-order valence-corrected chi connectivity index (χ3v) is 2.39. The van der Waals surface area contributed by atoms with Crippen LogP contribution in [-0.2, 0) is 11.3 Å². The lowest BCUT2D eigenvalue weighted by molar-refractivity contribution is -0.177. The molecule has 5 heteroatoms. The van der Waals surface area contributed by atoms with E-state index in [0.29, 0.717) is 13.2 Å². The van der Waals surface area contributed by atoms with Gasteiger partial charge in [0.15, 0.2) is 5.79 Å². The third-order valence-electron chi connectivity index (χ3n) is 2.39. The minimum atomic E-state index is -1.12. The SMILES string of the molecule is CC(C)(O)OCCn1cnc2cc(O)ccc21. The van der Waals surface area contributed by atoms with Crippen LogP contribution in [-0.4, -0.2) is 32.2 Å². The van der Waals surface area contributed by atoms with Gasteiger partial charge in [0.05, 0.1) is 24.0 Å². The smallest absolute Gasteiger partial charge is 0.159 e. The van der Waals surface area contributed by atoms with Gasteiger partial charge in [0, 0.05) is 12.6 Å². The molecule has 0 aliphatic rings. The van der Waals surface area contributed by atoms with Crippen LogP contribution >= 0.6 is 0 Å². The summed E-state index contributed by atoms with van der Waals surface area (Å²) in [4.78, 5) is 4.18.